The molecule has 1 heterocycles. The zero-order valence-electron chi connectivity index (χ0n) is 11.0. The first-order valence-corrected chi connectivity index (χ1v) is 6.28. The molecule has 1 aromatic carbocycles. The number of carbonyl (C=O) groups is 1. The maximum absolute atomic E-state index is 11.8. The minimum atomic E-state index is -0.327. The van der Waals surface area contributed by atoms with Gasteiger partial charge in [0.15, 0.2) is 5.82 Å². The van der Waals surface area contributed by atoms with Gasteiger partial charge in [0.05, 0.1) is 12.2 Å². The Morgan fingerprint density at radius 3 is 2.95 bits per heavy atom. The van der Waals surface area contributed by atoms with Gasteiger partial charge in [-0.15, -0.1) is 0 Å². The van der Waals surface area contributed by atoms with Gasteiger partial charge in [-0.05, 0) is 31.5 Å². The van der Waals surface area contributed by atoms with Gasteiger partial charge in [0, 0.05) is 5.56 Å². The Kier molecular flexibility index (Phi) is 4.28. The number of unbranched alkanes of at least 4 members (excludes halogenated alkanes) is 1. The first-order valence-electron chi connectivity index (χ1n) is 6.28. The highest BCUT2D eigenvalue weighted by Gasteiger charge is 2.11. The average molecular weight is 260 g/mol. The lowest BCUT2D eigenvalue weighted by Gasteiger charge is -2.04. The summed E-state index contributed by atoms with van der Waals surface area (Å²) in [5.74, 6) is 0.637. The van der Waals surface area contributed by atoms with E-state index in [-0.39, 0.29) is 5.97 Å². The topological polar surface area (TPSA) is 65.2 Å². The predicted octanol–water partition coefficient (Wildman–Crippen LogP) is 3.00. The summed E-state index contributed by atoms with van der Waals surface area (Å²) in [4.78, 5) is 15.9. The summed E-state index contributed by atoms with van der Waals surface area (Å²) in [5.41, 5.74) is 1.20. The molecule has 5 heteroatoms. The van der Waals surface area contributed by atoms with E-state index in [1.807, 2.05) is 13.0 Å². The summed E-state index contributed by atoms with van der Waals surface area (Å²) in [7, 11) is 0. The minimum absolute atomic E-state index is 0.327. The van der Waals surface area contributed by atoms with Crippen molar-refractivity contribution in [2.24, 2.45) is 0 Å². The van der Waals surface area contributed by atoms with Gasteiger partial charge < -0.3 is 9.26 Å². The number of benzene rings is 1. The molecule has 1 aromatic heterocycles. The molecule has 100 valence electrons. The van der Waals surface area contributed by atoms with E-state index in [9.17, 15) is 4.79 Å². The Balaban J connectivity index is 2.13. The number of aryl methyl sites for hydroxylation is 1. The SMILES string of the molecule is CCCCOC(=O)c1cccc(-c2nc(C)no2)c1. The van der Waals surface area contributed by atoms with Crippen molar-refractivity contribution in [3.63, 3.8) is 0 Å². The molecule has 0 saturated carbocycles. The number of ether oxygens (including phenoxy) is 1. The summed E-state index contributed by atoms with van der Waals surface area (Å²) in [6, 6.07) is 6.99. The Morgan fingerprint density at radius 1 is 1.42 bits per heavy atom. The molecule has 0 spiro atoms. The van der Waals surface area contributed by atoms with Gasteiger partial charge >= 0.3 is 5.97 Å². The van der Waals surface area contributed by atoms with E-state index in [0.29, 0.717) is 29.4 Å². The van der Waals surface area contributed by atoms with E-state index in [4.69, 9.17) is 9.26 Å². The summed E-state index contributed by atoms with van der Waals surface area (Å²) in [6.07, 6.45) is 1.86. The number of aromatic nitrogens is 2. The van der Waals surface area contributed by atoms with Crippen LogP contribution in [0.1, 0.15) is 35.9 Å². The highest BCUT2D eigenvalue weighted by atomic mass is 16.5. The van der Waals surface area contributed by atoms with E-state index in [1.165, 1.54) is 0 Å². The molecule has 0 atom stereocenters. The van der Waals surface area contributed by atoms with Crippen LogP contribution in [0.3, 0.4) is 0 Å². The number of carbonyl (C=O) groups excluding carboxylic acids is 1. The second-order valence-electron chi connectivity index (χ2n) is 4.22. The van der Waals surface area contributed by atoms with Gasteiger partial charge in [0.25, 0.3) is 5.89 Å². The number of hydrogen-bond acceptors (Lipinski definition) is 5. The van der Waals surface area contributed by atoms with E-state index < -0.39 is 0 Å². The zero-order valence-corrected chi connectivity index (χ0v) is 11.0. The fourth-order valence-corrected chi connectivity index (χ4v) is 1.59. The van der Waals surface area contributed by atoms with Crippen LogP contribution in [0, 0.1) is 6.92 Å². The first kappa shape index (κ1) is 13.3. The molecule has 2 rings (SSSR count). The maximum Gasteiger partial charge on any atom is 0.338 e. The normalized spacial score (nSPS) is 10.4. The largest absolute Gasteiger partial charge is 0.462 e. The standard InChI is InChI=1S/C14H16N2O3/c1-3-4-8-18-14(17)12-7-5-6-11(9-12)13-15-10(2)16-19-13/h5-7,9H,3-4,8H2,1-2H3. The molecule has 0 radical (unpaired) electrons. The van der Waals surface area contributed by atoms with Crippen molar-refractivity contribution in [2.45, 2.75) is 26.7 Å². The Morgan fingerprint density at radius 2 is 2.26 bits per heavy atom. The smallest absolute Gasteiger partial charge is 0.338 e. The van der Waals surface area contributed by atoms with Gasteiger partial charge in [-0.2, -0.15) is 4.98 Å². The molecule has 0 amide bonds. The molecule has 0 unspecified atom stereocenters. The lowest BCUT2D eigenvalue weighted by molar-refractivity contribution is 0.0500. The van der Waals surface area contributed by atoms with Crippen LogP contribution in [0.4, 0.5) is 0 Å². The highest BCUT2D eigenvalue weighted by Crippen LogP contribution is 2.18. The molecular formula is C14H16N2O3. The molecular weight excluding hydrogens is 244 g/mol. The predicted molar refractivity (Wildman–Crippen MR) is 69.7 cm³/mol. The molecule has 0 bridgehead atoms. The van der Waals surface area contributed by atoms with Crippen LogP contribution in [0.2, 0.25) is 0 Å². The Labute approximate surface area is 111 Å². The second kappa shape index (κ2) is 6.13. The lowest BCUT2D eigenvalue weighted by Crippen LogP contribution is -2.06. The van der Waals surface area contributed by atoms with Crippen molar-refractivity contribution >= 4 is 5.97 Å². The molecule has 0 N–H and O–H groups in total. The average Bonchev–Trinajstić information content (AvgIpc) is 2.86. The summed E-state index contributed by atoms with van der Waals surface area (Å²) < 4.78 is 10.2. The molecule has 0 aliphatic carbocycles. The lowest BCUT2D eigenvalue weighted by atomic mass is 10.1. The van der Waals surface area contributed by atoms with Gasteiger partial charge in [-0.1, -0.05) is 24.6 Å². The minimum Gasteiger partial charge on any atom is -0.462 e. The van der Waals surface area contributed by atoms with E-state index in [2.05, 4.69) is 10.1 Å². The molecule has 2 aromatic rings. The molecule has 0 aliphatic heterocycles. The van der Waals surface area contributed by atoms with Gasteiger partial charge in [-0.3, -0.25) is 0 Å². The van der Waals surface area contributed by atoms with Crippen LogP contribution in [-0.4, -0.2) is 22.7 Å². The van der Waals surface area contributed by atoms with Gasteiger partial charge in [0.1, 0.15) is 0 Å². The van der Waals surface area contributed by atoms with Crippen molar-refractivity contribution in [3.05, 3.63) is 35.7 Å². The third-order valence-electron chi connectivity index (χ3n) is 2.60. The van der Waals surface area contributed by atoms with Crippen molar-refractivity contribution < 1.29 is 14.1 Å². The fraction of sp³-hybridized carbons (Fsp3) is 0.357. The van der Waals surface area contributed by atoms with Crippen LogP contribution in [0.15, 0.2) is 28.8 Å². The van der Waals surface area contributed by atoms with Crippen LogP contribution in [0.25, 0.3) is 11.5 Å². The summed E-state index contributed by atoms with van der Waals surface area (Å²) >= 11 is 0. The number of hydrogen-bond donors (Lipinski definition) is 0. The first-order chi connectivity index (χ1) is 9.20. The zero-order chi connectivity index (χ0) is 13.7. The second-order valence-corrected chi connectivity index (χ2v) is 4.22. The molecule has 0 saturated heterocycles. The van der Waals surface area contributed by atoms with Crippen molar-refractivity contribution in [1.29, 1.82) is 0 Å². The van der Waals surface area contributed by atoms with Crippen molar-refractivity contribution in [3.8, 4) is 11.5 Å². The third kappa shape index (κ3) is 3.40. The molecule has 0 aliphatic rings. The molecule has 19 heavy (non-hydrogen) atoms. The number of rotatable bonds is 5. The van der Waals surface area contributed by atoms with E-state index >= 15 is 0 Å². The quantitative estimate of drug-likeness (QED) is 0.610. The van der Waals surface area contributed by atoms with Crippen LogP contribution in [-0.2, 0) is 4.74 Å². The van der Waals surface area contributed by atoms with E-state index in [0.717, 1.165) is 12.8 Å². The Bertz CT molecular complexity index is 563. The third-order valence-corrected chi connectivity index (χ3v) is 2.60. The maximum atomic E-state index is 11.8. The Hall–Kier alpha value is -2.17. The van der Waals surface area contributed by atoms with Crippen LogP contribution < -0.4 is 0 Å². The molecule has 0 fully saturated rings. The van der Waals surface area contributed by atoms with Gasteiger partial charge in [0.2, 0.25) is 0 Å². The highest BCUT2D eigenvalue weighted by molar-refractivity contribution is 5.90. The van der Waals surface area contributed by atoms with Crippen LogP contribution >= 0.6 is 0 Å². The molecule has 5 nitrogen and oxygen atoms in total. The van der Waals surface area contributed by atoms with Crippen molar-refractivity contribution in [1.82, 2.24) is 10.1 Å². The summed E-state index contributed by atoms with van der Waals surface area (Å²) in [6.45, 7) is 4.24. The monoisotopic (exact) mass is 260 g/mol. The van der Waals surface area contributed by atoms with Crippen LogP contribution in [0.5, 0.6) is 0 Å². The number of esters is 1. The van der Waals surface area contributed by atoms with E-state index in [1.54, 1.807) is 25.1 Å². The summed E-state index contributed by atoms with van der Waals surface area (Å²) in [5, 5.41) is 3.73. The van der Waals surface area contributed by atoms with Crippen molar-refractivity contribution in [2.75, 3.05) is 6.61 Å². The fourth-order valence-electron chi connectivity index (χ4n) is 1.59. The number of nitrogens with zero attached hydrogens (tertiary/aromatic N) is 2. The van der Waals surface area contributed by atoms with Gasteiger partial charge in [-0.25, -0.2) is 4.79 Å².